The molecule has 38 heavy (non-hydrogen) atoms. The lowest BCUT2D eigenvalue weighted by Crippen LogP contribution is -1.96. The standard InChI is InChI=1S/2C12H14N4.4ClH.2H2O/c2*13-9-3-1-7(5-11(9)15)8-2-4-10(14)12(16)6-8;;;;;;/h2*1-6H,13-16H2;4*1H;2*1H2. The van der Waals surface area contributed by atoms with Gasteiger partial charge in [0, 0.05) is 0 Å². The minimum atomic E-state index is 0. The smallest absolute Gasteiger partial charge is 0.0554 e. The summed E-state index contributed by atoms with van der Waals surface area (Å²) in [7, 11) is 0. The number of nitrogens with two attached hydrogens (primary N) is 8. The van der Waals surface area contributed by atoms with E-state index >= 15 is 0 Å². The Morgan fingerprint density at radius 1 is 0.263 bits per heavy atom. The van der Waals surface area contributed by atoms with E-state index in [0.717, 1.165) is 22.3 Å². The fourth-order valence-electron chi connectivity index (χ4n) is 3.02. The number of anilines is 8. The summed E-state index contributed by atoms with van der Waals surface area (Å²) in [4.78, 5) is 0. The fourth-order valence-corrected chi connectivity index (χ4v) is 3.02. The molecule has 212 valence electrons. The number of rotatable bonds is 2. The van der Waals surface area contributed by atoms with Gasteiger partial charge in [-0.25, -0.2) is 0 Å². The molecule has 4 rings (SSSR count). The van der Waals surface area contributed by atoms with Crippen molar-refractivity contribution in [1.82, 2.24) is 0 Å². The maximum Gasteiger partial charge on any atom is 0.0554 e. The van der Waals surface area contributed by atoms with Crippen LogP contribution in [0.4, 0.5) is 45.5 Å². The first-order valence-corrected chi connectivity index (χ1v) is 9.76. The third-order valence-corrected chi connectivity index (χ3v) is 5.01. The van der Waals surface area contributed by atoms with Gasteiger partial charge in [0.1, 0.15) is 0 Å². The third kappa shape index (κ3) is 10.0. The molecule has 0 saturated heterocycles. The van der Waals surface area contributed by atoms with Gasteiger partial charge in [0.05, 0.1) is 45.5 Å². The van der Waals surface area contributed by atoms with Gasteiger partial charge in [-0.1, -0.05) is 24.3 Å². The summed E-state index contributed by atoms with van der Waals surface area (Å²) in [5.74, 6) is 0. The lowest BCUT2D eigenvalue weighted by molar-refractivity contribution is 0.823. The van der Waals surface area contributed by atoms with Gasteiger partial charge in [-0.3, -0.25) is 0 Å². The van der Waals surface area contributed by atoms with E-state index in [1.54, 1.807) is 24.3 Å². The molecule has 4 aromatic carbocycles. The highest BCUT2D eigenvalue weighted by Crippen LogP contribution is 2.29. The van der Waals surface area contributed by atoms with Crippen molar-refractivity contribution >= 4 is 95.1 Å². The van der Waals surface area contributed by atoms with Gasteiger partial charge in [0.25, 0.3) is 0 Å². The lowest BCUT2D eigenvalue weighted by Gasteiger charge is -2.07. The summed E-state index contributed by atoms with van der Waals surface area (Å²) >= 11 is 0. The van der Waals surface area contributed by atoms with Crippen LogP contribution in [0, 0.1) is 0 Å². The Hall–Kier alpha value is -3.64. The first-order valence-electron chi connectivity index (χ1n) is 9.76. The van der Waals surface area contributed by atoms with Crippen molar-refractivity contribution < 1.29 is 11.0 Å². The van der Waals surface area contributed by atoms with Crippen LogP contribution in [0.3, 0.4) is 0 Å². The van der Waals surface area contributed by atoms with E-state index in [2.05, 4.69) is 0 Å². The molecule has 0 aliphatic heterocycles. The maximum absolute atomic E-state index is 5.74. The topological polar surface area (TPSA) is 271 Å². The van der Waals surface area contributed by atoms with Crippen LogP contribution >= 0.6 is 49.6 Å². The number of nitrogen functional groups attached to an aromatic ring is 8. The second-order valence-corrected chi connectivity index (χ2v) is 7.37. The number of hydrogen-bond donors (Lipinski definition) is 8. The summed E-state index contributed by atoms with van der Waals surface area (Å²) in [5.41, 5.74) is 54.0. The van der Waals surface area contributed by atoms with Gasteiger partial charge in [0.15, 0.2) is 0 Å². The molecule has 0 amide bonds. The molecule has 0 unspecified atom stereocenters. The Labute approximate surface area is 246 Å². The van der Waals surface area contributed by atoms with E-state index in [1.165, 1.54) is 0 Å². The second-order valence-electron chi connectivity index (χ2n) is 7.37. The molecular formula is C24H36Cl4N8O2. The molecule has 10 nitrogen and oxygen atoms in total. The molecule has 4 aromatic rings. The first kappa shape index (κ1) is 41.5. The molecular weight excluding hydrogens is 574 g/mol. The highest BCUT2D eigenvalue weighted by atomic mass is 35.5. The van der Waals surface area contributed by atoms with Crippen molar-refractivity contribution in [1.29, 1.82) is 0 Å². The van der Waals surface area contributed by atoms with Gasteiger partial charge in [-0.2, -0.15) is 0 Å². The maximum atomic E-state index is 5.74. The zero-order valence-corrected chi connectivity index (χ0v) is 23.4. The molecule has 0 atom stereocenters. The van der Waals surface area contributed by atoms with Crippen LogP contribution in [0.15, 0.2) is 72.8 Å². The molecule has 0 aliphatic rings. The molecule has 0 saturated carbocycles. The Balaban J connectivity index is -0.000000263. The largest absolute Gasteiger partial charge is 0.412 e. The van der Waals surface area contributed by atoms with E-state index in [-0.39, 0.29) is 60.6 Å². The molecule has 0 spiro atoms. The summed E-state index contributed by atoms with van der Waals surface area (Å²) in [5, 5.41) is 0. The normalized spacial score (nSPS) is 8.63. The van der Waals surface area contributed by atoms with E-state index in [1.807, 2.05) is 48.5 Å². The van der Waals surface area contributed by atoms with Crippen molar-refractivity contribution in [2.24, 2.45) is 0 Å². The summed E-state index contributed by atoms with van der Waals surface area (Å²) in [6.45, 7) is 0. The van der Waals surface area contributed by atoms with Crippen molar-refractivity contribution in [2.45, 2.75) is 0 Å². The zero-order valence-electron chi connectivity index (χ0n) is 20.2. The van der Waals surface area contributed by atoms with Gasteiger partial charge in [0.2, 0.25) is 0 Å². The molecule has 20 N–H and O–H groups in total. The average molecular weight is 610 g/mol. The number of halogens is 4. The third-order valence-electron chi connectivity index (χ3n) is 5.01. The first-order chi connectivity index (χ1) is 15.2. The molecule has 0 heterocycles. The molecule has 14 heteroatoms. The SMILES string of the molecule is Cl.Cl.Cl.Cl.Nc1ccc(-c2ccc(N)c(N)c2)cc1N.Nc1ccc(-c2ccc(N)c(N)c2)cc1N.O.O. The van der Waals surface area contributed by atoms with E-state index < -0.39 is 0 Å². The highest BCUT2D eigenvalue weighted by Gasteiger charge is 2.04. The number of benzene rings is 4. The van der Waals surface area contributed by atoms with E-state index in [0.29, 0.717) is 45.5 Å². The highest BCUT2D eigenvalue weighted by molar-refractivity contribution is 5.86. The van der Waals surface area contributed by atoms with Gasteiger partial charge < -0.3 is 56.8 Å². The minimum absolute atomic E-state index is 0. The van der Waals surface area contributed by atoms with Gasteiger partial charge >= 0.3 is 0 Å². The predicted octanol–water partition coefficient (Wildman–Crippen LogP) is 3.40. The second kappa shape index (κ2) is 17.8. The van der Waals surface area contributed by atoms with Crippen molar-refractivity contribution in [3.63, 3.8) is 0 Å². The van der Waals surface area contributed by atoms with Crippen molar-refractivity contribution in [3.05, 3.63) is 72.8 Å². The van der Waals surface area contributed by atoms with Crippen LogP contribution < -0.4 is 45.9 Å². The average Bonchev–Trinajstić information content (AvgIpc) is 2.76. The monoisotopic (exact) mass is 608 g/mol. The Morgan fingerprint density at radius 2 is 0.421 bits per heavy atom. The van der Waals surface area contributed by atoms with Crippen LogP contribution in [0.5, 0.6) is 0 Å². The summed E-state index contributed by atoms with van der Waals surface area (Å²) in [6, 6.07) is 22.0. The lowest BCUT2D eigenvalue weighted by atomic mass is 10.0. The van der Waals surface area contributed by atoms with Crippen LogP contribution in [0.2, 0.25) is 0 Å². The van der Waals surface area contributed by atoms with Crippen molar-refractivity contribution in [2.75, 3.05) is 45.9 Å². The molecule has 0 fully saturated rings. The van der Waals surface area contributed by atoms with Crippen LogP contribution in [-0.2, 0) is 0 Å². The van der Waals surface area contributed by atoms with E-state index in [4.69, 9.17) is 45.9 Å². The zero-order chi connectivity index (χ0) is 23.4. The summed E-state index contributed by atoms with van der Waals surface area (Å²) < 4.78 is 0. The van der Waals surface area contributed by atoms with E-state index in [9.17, 15) is 0 Å². The van der Waals surface area contributed by atoms with Gasteiger partial charge in [-0.05, 0) is 70.8 Å². The Kier molecular flexibility index (Phi) is 19.4. The fraction of sp³-hybridized carbons (Fsp3) is 0. The van der Waals surface area contributed by atoms with Crippen LogP contribution in [0.1, 0.15) is 0 Å². The predicted molar refractivity (Wildman–Crippen MR) is 175 cm³/mol. The number of hydrogen-bond acceptors (Lipinski definition) is 8. The quantitative estimate of drug-likeness (QED) is 0.155. The minimum Gasteiger partial charge on any atom is -0.412 e. The molecule has 0 radical (unpaired) electrons. The Morgan fingerprint density at radius 3 is 0.553 bits per heavy atom. The van der Waals surface area contributed by atoms with Crippen LogP contribution in [-0.4, -0.2) is 11.0 Å². The summed E-state index contributed by atoms with van der Waals surface area (Å²) in [6.07, 6.45) is 0. The molecule has 0 bridgehead atoms. The Bertz CT molecular complexity index is 1100. The van der Waals surface area contributed by atoms with Crippen molar-refractivity contribution in [3.8, 4) is 22.3 Å². The molecule has 0 aliphatic carbocycles. The molecule has 0 aromatic heterocycles. The van der Waals surface area contributed by atoms with Crippen LogP contribution in [0.25, 0.3) is 22.3 Å². The van der Waals surface area contributed by atoms with Gasteiger partial charge in [-0.15, -0.1) is 49.6 Å².